The molecule has 0 spiro atoms. The second-order valence-electron chi connectivity index (χ2n) is 19.5. The van der Waals surface area contributed by atoms with Gasteiger partial charge in [-0.25, -0.2) is 0 Å². The van der Waals surface area contributed by atoms with E-state index in [1.807, 2.05) is 0 Å². The maximum atomic E-state index is 12.9. The van der Waals surface area contributed by atoms with Crippen LogP contribution in [0.2, 0.25) is 0 Å². The fourth-order valence-corrected chi connectivity index (χ4v) is 7.58. The van der Waals surface area contributed by atoms with Gasteiger partial charge in [-0.05, 0) is 154 Å². The van der Waals surface area contributed by atoms with Crippen LogP contribution in [0.15, 0.2) is 182 Å². The number of rotatable bonds is 53. The van der Waals surface area contributed by atoms with Crippen LogP contribution in [0.5, 0.6) is 0 Å². The van der Waals surface area contributed by atoms with Crippen molar-refractivity contribution in [2.24, 2.45) is 0 Å². The minimum atomic E-state index is -0.825. The molecule has 6 nitrogen and oxygen atoms in total. The zero-order chi connectivity index (χ0) is 56.4. The van der Waals surface area contributed by atoms with Gasteiger partial charge >= 0.3 is 17.9 Å². The molecule has 0 fully saturated rings. The Bertz CT molecular complexity index is 1850. The average molecular weight is 1070 g/mol. The molecule has 0 radical (unpaired) electrons. The highest BCUT2D eigenvalue weighted by Gasteiger charge is 2.19. The van der Waals surface area contributed by atoms with Crippen molar-refractivity contribution >= 4 is 17.9 Å². The first-order chi connectivity index (χ1) is 38.5. The quantitative estimate of drug-likeness (QED) is 0.0261. The topological polar surface area (TPSA) is 78.9 Å². The number of hydrogen-bond donors (Lipinski definition) is 0. The van der Waals surface area contributed by atoms with Gasteiger partial charge < -0.3 is 14.2 Å². The number of unbranched alkanes of at least 4 members (excludes halogenated alkanes) is 12. The first-order valence-corrected chi connectivity index (χ1v) is 30.8. The Hall–Kier alpha value is -5.49. The van der Waals surface area contributed by atoms with Crippen LogP contribution in [0.3, 0.4) is 0 Å². The highest BCUT2D eigenvalue weighted by atomic mass is 16.6. The zero-order valence-corrected chi connectivity index (χ0v) is 49.6. The number of carbonyl (C=O) groups excluding carboxylic acids is 3. The van der Waals surface area contributed by atoms with Gasteiger partial charge in [0.15, 0.2) is 6.10 Å². The molecule has 0 aromatic rings. The fourth-order valence-electron chi connectivity index (χ4n) is 7.58. The molecule has 0 aliphatic heterocycles. The van der Waals surface area contributed by atoms with E-state index in [9.17, 15) is 14.4 Å². The van der Waals surface area contributed by atoms with Crippen LogP contribution in [0, 0.1) is 0 Å². The Morgan fingerprint density at radius 3 is 0.808 bits per heavy atom. The van der Waals surface area contributed by atoms with E-state index in [1.54, 1.807) is 0 Å². The van der Waals surface area contributed by atoms with Crippen molar-refractivity contribution in [2.75, 3.05) is 13.2 Å². The Morgan fingerprint density at radius 1 is 0.269 bits per heavy atom. The predicted molar refractivity (Wildman–Crippen MR) is 338 cm³/mol. The molecular formula is C72H110O6. The largest absolute Gasteiger partial charge is 0.462 e. The van der Waals surface area contributed by atoms with Crippen LogP contribution in [-0.2, 0) is 28.6 Å². The van der Waals surface area contributed by atoms with Gasteiger partial charge in [0.25, 0.3) is 0 Å². The molecule has 0 aromatic heterocycles. The van der Waals surface area contributed by atoms with E-state index >= 15 is 0 Å². The summed E-state index contributed by atoms with van der Waals surface area (Å²) in [6.07, 6.45) is 96.1. The molecule has 1 unspecified atom stereocenters. The lowest BCUT2D eigenvalue weighted by Crippen LogP contribution is -2.30. The smallest absolute Gasteiger partial charge is 0.306 e. The van der Waals surface area contributed by atoms with Gasteiger partial charge in [0.1, 0.15) is 13.2 Å². The monoisotopic (exact) mass is 1070 g/mol. The summed E-state index contributed by atoms with van der Waals surface area (Å²) in [6.45, 7) is 6.26. The molecule has 0 bridgehead atoms. The second kappa shape index (κ2) is 64.0. The number of carbonyl (C=O) groups is 3. The summed E-state index contributed by atoms with van der Waals surface area (Å²) in [5.41, 5.74) is 0. The average Bonchev–Trinajstić information content (AvgIpc) is 3.44. The maximum Gasteiger partial charge on any atom is 0.306 e. The minimum absolute atomic E-state index is 0.117. The second-order valence-corrected chi connectivity index (χ2v) is 19.5. The summed E-state index contributed by atoms with van der Waals surface area (Å²) >= 11 is 0. The lowest BCUT2D eigenvalue weighted by molar-refractivity contribution is -0.167. The highest BCUT2D eigenvalue weighted by molar-refractivity contribution is 5.71. The van der Waals surface area contributed by atoms with E-state index < -0.39 is 6.10 Å². The predicted octanol–water partition coefficient (Wildman–Crippen LogP) is 21.3. The third-order valence-electron chi connectivity index (χ3n) is 12.1. The van der Waals surface area contributed by atoms with Crippen LogP contribution in [0.1, 0.15) is 233 Å². The van der Waals surface area contributed by atoms with Gasteiger partial charge in [-0.2, -0.15) is 0 Å². The van der Waals surface area contributed by atoms with Gasteiger partial charge in [-0.3, -0.25) is 14.4 Å². The lowest BCUT2D eigenvalue weighted by Gasteiger charge is -2.18. The Morgan fingerprint density at radius 2 is 0.500 bits per heavy atom. The third-order valence-corrected chi connectivity index (χ3v) is 12.1. The van der Waals surface area contributed by atoms with Crippen molar-refractivity contribution in [1.82, 2.24) is 0 Å². The summed E-state index contributed by atoms with van der Waals surface area (Å²) < 4.78 is 16.8. The molecule has 0 aromatic carbocycles. The van der Waals surface area contributed by atoms with Crippen molar-refractivity contribution in [3.63, 3.8) is 0 Å². The van der Waals surface area contributed by atoms with E-state index in [2.05, 4.69) is 203 Å². The van der Waals surface area contributed by atoms with E-state index in [4.69, 9.17) is 14.2 Å². The highest BCUT2D eigenvalue weighted by Crippen LogP contribution is 2.12. The van der Waals surface area contributed by atoms with Crippen molar-refractivity contribution in [2.45, 2.75) is 239 Å². The molecule has 0 saturated carbocycles. The molecular weight excluding hydrogens is 961 g/mol. The molecule has 78 heavy (non-hydrogen) atoms. The van der Waals surface area contributed by atoms with Crippen molar-refractivity contribution < 1.29 is 28.6 Å². The van der Waals surface area contributed by atoms with Crippen molar-refractivity contribution in [3.8, 4) is 0 Å². The van der Waals surface area contributed by atoms with Crippen LogP contribution in [-0.4, -0.2) is 37.2 Å². The summed E-state index contributed by atoms with van der Waals surface area (Å²) in [7, 11) is 0. The molecule has 0 aliphatic carbocycles. The molecule has 6 heteroatoms. The first kappa shape index (κ1) is 72.5. The van der Waals surface area contributed by atoms with Gasteiger partial charge in [-0.15, -0.1) is 0 Å². The van der Waals surface area contributed by atoms with Crippen LogP contribution in [0.25, 0.3) is 0 Å². The normalized spacial score (nSPS) is 13.4. The van der Waals surface area contributed by atoms with Gasteiger partial charge in [0, 0.05) is 19.3 Å². The summed E-state index contributed by atoms with van der Waals surface area (Å²) in [5, 5.41) is 0. The van der Waals surface area contributed by atoms with Crippen LogP contribution in [0.4, 0.5) is 0 Å². The SMILES string of the molecule is CC/C=C\C/C=C\C/C=C\C/C=C\C/C=C\C/C=C\C/C=C\CCCCCC(=O)OCC(COC(=O)CCCCCCC/C=C\CCC)OC(=O)CCCCC/C=C\C/C=C\C/C=C\C/C=C\C/C=C\C/C=C\C/C=C\CC. The summed E-state index contributed by atoms with van der Waals surface area (Å²) in [5.74, 6) is -1.01. The molecule has 0 amide bonds. The van der Waals surface area contributed by atoms with Crippen molar-refractivity contribution in [1.29, 1.82) is 0 Å². The Labute approximate surface area is 478 Å². The Balaban J connectivity index is 4.47. The van der Waals surface area contributed by atoms with E-state index in [-0.39, 0.29) is 37.5 Å². The lowest BCUT2D eigenvalue weighted by atomic mass is 10.1. The number of allylic oxidation sites excluding steroid dienone is 30. The molecule has 434 valence electrons. The Kier molecular flexibility index (Phi) is 59.5. The van der Waals surface area contributed by atoms with E-state index in [0.29, 0.717) is 19.3 Å². The maximum absolute atomic E-state index is 12.9. The summed E-state index contributed by atoms with van der Waals surface area (Å²) in [4.78, 5) is 38.2. The molecule has 1 atom stereocenters. The standard InChI is InChI=1S/C72H110O6/c1-4-7-10-13-16-19-22-24-26-28-30-32-34-36-38-40-42-44-46-48-50-53-56-59-62-65-71(74)77-68-69(67-76-70(73)64-61-58-55-52-21-18-15-12-9-6-3)78-72(75)66-63-60-57-54-51-49-47-45-43-41-39-37-35-33-31-29-27-25-23-20-17-14-11-8-5-2/h7-8,10-12,15-17,19-20,24-27,30-33,36-39,42-45,48-51,69H,4-6,9,13-14,18,21-23,28-29,34-35,40-41,46-47,52-68H2,1-3H3/b10-7-,11-8-,15-12-,19-16-,20-17-,26-24-,27-25-,32-30-,33-31-,38-36-,39-37-,44-42-,45-43-,50-48-,51-49-. The van der Waals surface area contributed by atoms with Crippen molar-refractivity contribution in [3.05, 3.63) is 182 Å². The molecule has 0 heterocycles. The van der Waals surface area contributed by atoms with Gasteiger partial charge in [0.2, 0.25) is 0 Å². The summed E-state index contributed by atoms with van der Waals surface area (Å²) in [6, 6.07) is 0. The van der Waals surface area contributed by atoms with Crippen LogP contribution >= 0.6 is 0 Å². The van der Waals surface area contributed by atoms with Gasteiger partial charge in [-0.1, -0.05) is 242 Å². The minimum Gasteiger partial charge on any atom is -0.462 e. The molecule has 0 rings (SSSR count). The number of hydrogen-bond acceptors (Lipinski definition) is 6. The van der Waals surface area contributed by atoms with Gasteiger partial charge in [0.05, 0.1) is 0 Å². The molecule has 0 saturated heterocycles. The molecule has 0 aliphatic rings. The first-order valence-electron chi connectivity index (χ1n) is 30.8. The third kappa shape index (κ3) is 61.4. The fraction of sp³-hybridized carbons (Fsp3) is 0.542. The van der Waals surface area contributed by atoms with E-state index in [1.165, 1.54) is 12.8 Å². The number of esters is 3. The van der Waals surface area contributed by atoms with Crippen LogP contribution < -0.4 is 0 Å². The van der Waals surface area contributed by atoms with E-state index in [0.717, 1.165) is 173 Å². The zero-order valence-electron chi connectivity index (χ0n) is 49.6. The number of ether oxygens (including phenoxy) is 3. The molecule has 0 N–H and O–H groups in total.